The van der Waals surface area contributed by atoms with Gasteiger partial charge in [0, 0.05) is 40.2 Å². The molecule has 1 saturated heterocycles. The molecular formula is C25H29IN4O. The Bertz CT molecular complexity index is 998. The summed E-state index contributed by atoms with van der Waals surface area (Å²) in [4.78, 5) is 11.8. The molecule has 2 unspecified atom stereocenters. The first-order valence-electron chi connectivity index (χ1n) is 10.8. The molecule has 1 aliphatic rings. The fraction of sp³-hybridized carbons (Fsp3) is 0.360. The van der Waals surface area contributed by atoms with E-state index >= 15 is 0 Å². The Labute approximate surface area is 198 Å². The molecule has 5 nitrogen and oxygen atoms in total. The Morgan fingerprint density at radius 2 is 2.00 bits per heavy atom. The van der Waals surface area contributed by atoms with E-state index in [-0.39, 0.29) is 0 Å². The summed E-state index contributed by atoms with van der Waals surface area (Å²) in [5.41, 5.74) is 4.64. The van der Waals surface area contributed by atoms with Crippen molar-refractivity contribution in [2.24, 2.45) is 0 Å². The Morgan fingerprint density at radius 3 is 2.77 bits per heavy atom. The third-order valence-corrected chi connectivity index (χ3v) is 6.42. The quantitative estimate of drug-likeness (QED) is 0.443. The van der Waals surface area contributed by atoms with Gasteiger partial charge in [-0.25, -0.2) is 4.98 Å². The number of hydrogen-bond donors (Lipinski definition) is 1. The van der Waals surface area contributed by atoms with E-state index in [0.717, 1.165) is 53.0 Å². The van der Waals surface area contributed by atoms with E-state index in [0.29, 0.717) is 18.0 Å². The van der Waals surface area contributed by atoms with Crippen molar-refractivity contribution in [1.82, 2.24) is 20.2 Å². The fourth-order valence-corrected chi connectivity index (χ4v) is 4.98. The highest BCUT2D eigenvalue weighted by Crippen LogP contribution is 2.33. The number of methoxy groups -OCH3 is 1. The highest BCUT2D eigenvalue weighted by Gasteiger charge is 2.32. The number of pyridine rings is 2. The van der Waals surface area contributed by atoms with Crippen LogP contribution >= 0.6 is 22.6 Å². The molecule has 6 heteroatoms. The van der Waals surface area contributed by atoms with Crippen LogP contribution in [-0.2, 0) is 13.1 Å². The van der Waals surface area contributed by atoms with Crippen LogP contribution in [0.25, 0.3) is 0 Å². The number of ether oxygens (including phenoxy) is 1. The zero-order valence-corrected chi connectivity index (χ0v) is 20.2. The van der Waals surface area contributed by atoms with Crippen molar-refractivity contribution < 1.29 is 4.74 Å². The minimum atomic E-state index is 0.291. The van der Waals surface area contributed by atoms with Gasteiger partial charge in [0.25, 0.3) is 0 Å². The van der Waals surface area contributed by atoms with E-state index in [9.17, 15) is 0 Å². The highest BCUT2D eigenvalue weighted by atomic mass is 127. The maximum Gasteiger partial charge on any atom is 0.217 e. The van der Waals surface area contributed by atoms with Crippen LogP contribution in [0.3, 0.4) is 0 Å². The minimum Gasteiger partial charge on any atom is -0.481 e. The first-order chi connectivity index (χ1) is 15.1. The zero-order chi connectivity index (χ0) is 21.6. The second kappa shape index (κ2) is 10.5. The number of rotatable bonds is 7. The van der Waals surface area contributed by atoms with Gasteiger partial charge < -0.3 is 10.1 Å². The van der Waals surface area contributed by atoms with Gasteiger partial charge >= 0.3 is 0 Å². The lowest BCUT2D eigenvalue weighted by molar-refractivity contribution is 0.102. The van der Waals surface area contributed by atoms with Crippen LogP contribution in [0.15, 0.2) is 60.8 Å². The van der Waals surface area contributed by atoms with Crippen molar-refractivity contribution in [2.75, 3.05) is 13.7 Å². The first kappa shape index (κ1) is 22.2. The molecule has 1 aromatic carbocycles. The van der Waals surface area contributed by atoms with Gasteiger partial charge in [-0.3, -0.25) is 9.88 Å². The average molecular weight is 528 g/mol. The van der Waals surface area contributed by atoms with E-state index in [1.807, 2.05) is 6.20 Å². The van der Waals surface area contributed by atoms with Crippen molar-refractivity contribution in [3.63, 3.8) is 0 Å². The number of aromatic nitrogens is 2. The summed E-state index contributed by atoms with van der Waals surface area (Å²) in [6.45, 7) is 4.72. The van der Waals surface area contributed by atoms with Gasteiger partial charge in [-0.2, -0.15) is 0 Å². The number of likely N-dealkylation sites (tertiary alicyclic amines) is 1. The van der Waals surface area contributed by atoms with E-state index in [1.165, 1.54) is 5.56 Å². The van der Waals surface area contributed by atoms with Gasteiger partial charge in [0.15, 0.2) is 0 Å². The number of nitrogens with one attached hydrogen (secondary N) is 1. The topological polar surface area (TPSA) is 50.3 Å². The molecule has 3 heterocycles. The minimum absolute atomic E-state index is 0.291. The van der Waals surface area contributed by atoms with Crippen molar-refractivity contribution in [3.05, 3.63) is 86.9 Å². The molecular weight excluding hydrogens is 499 g/mol. The second-order valence-corrected chi connectivity index (χ2v) is 9.29. The molecule has 0 bridgehead atoms. The van der Waals surface area contributed by atoms with Gasteiger partial charge in [0.2, 0.25) is 5.88 Å². The molecule has 31 heavy (non-hydrogen) atoms. The molecule has 0 amide bonds. The molecule has 2 aromatic heterocycles. The smallest absolute Gasteiger partial charge is 0.217 e. The number of aryl methyl sites for hydroxylation is 1. The molecule has 0 aliphatic carbocycles. The number of hydrogen-bond acceptors (Lipinski definition) is 5. The summed E-state index contributed by atoms with van der Waals surface area (Å²) in [7, 11) is 1.68. The summed E-state index contributed by atoms with van der Waals surface area (Å²) in [5, 5.41) is 3.83. The van der Waals surface area contributed by atoms with E-state index < -0.39 is 0 Å². The number of halogens is 1. The molecule has 1 aliphatic heterocycles. The van der Waals surface area contributed by atoms with Crippen LogP contribution in [0.5, 0.6) is 5.88 Å². The van der Waals surface area contributed by atoms with E-state index in [1.54, 1.807) is 7.11 Å². The van der Waals surface area contributed by atoms with Crippen molar-refractivity contribution in [1.29, 1.82) is 0 Å². The second-order valence-electron chi connectivity index (χ2n) is 8.05. The van der Waals surface area contributed by atoms with Crippen LogP contribution in [0, 0.1) is 10.5 Å². The highest BCUT2D eigenvalue weighted by molar-refractivity contribution is 14.1. The predicted molar refractivity (Wildman–Crippen MR) is 132 cm³/mol. The molecule has 2 atom stereocenters. The summed E-state index contributed by atoms with van der Waals surface area (Å²) in [6, 6.07) is 19.9. The van der Waals surface area contributed by atoms with Gasteiger partial charge in [0.1, 0.15) is 0 Å². The van der Waals surface area contributed by atoms with Gasteiger partial charge in [-0.1, -0.05) is 36.4 Å². The molecule has 162 valence electrons. The van der Waals surface area contributed by atoms with Gasteiger partial charge in [0.05, 0.1) is 18.8 Å². The normalized spacial score (nSPS) is 19.3. The van der Waals surface area contributed by atoms with Gasteiger partial charge in [-0.05, 0) is 72.7 Å². The summed E-state index contributed by atoms with van der Waals surface area (Å²) < 4.78 is 6.61. The first-order valence-corrected chi connectivity index (χ1v) is 11.9. The number of benzene rings is 1. The average Bonchev–Trinajstić information content (AvgIpc) is 2.78. The fourth-order valence-electron chi connectivity index (χ4n) is 4.47. The lowest BCUT2D eigenvalue weighted by atomic mass is 9.90. The molecule has 1 N–H and O–H groups in total. The lowest BCUT2D eigenvalue weighted by Gasteiger charge is -2.42. The Morgan fingerprint density at radius 1 is 1.16 bits per heavy atom. The Kier molecular flexibility index (Phi) is 7.53. The maximum absolute atomic E-state index is 5.49. The standard InChI is InChI=1S/C25H29IN4O/c1-18-8-6-11-22(29-18)17-30-13-7-12-23(24(30)19-9-4-3-5-10-19)27-15-20-14-21(26)16-28-25(20)31-2/h3-6,8-11,14,16,23-24,27H,7,12-13,15,17H2,1-2H3. The number of nitrogens with zero attached hydrogens (tertiary/aromatic N) is 3. The Balaban J connectivity index is 1.57. The predicted octanol–water partition coefficient (Wildman–Crippen LogP) is 4.89. The molecule has 4 rings (SSSR count). The zero-order valence-electron chi connectivity index (χ0n) is 18.1. The molecule has 0 saturated carbocycles. The SMILES string of the molecule is COc1ncc(I)cc1CNC1CCCN(Cc2cccc(C)n2)C1c1ccccc1. The van der Waals surface area contributed by atoms with Crippen molar-refractivity contribution >= 4 is 22.6 Å². The van der Waals surface area contributed by atoms with Crippen LogP contribution in [-0.4, -0.2) is 34.6 Å². The maximum atomic E-state index is 5.49. The van der Waals surface area contributed by atoms with Crippen LogP contribution in [0.2, 0.25) is 0 Å². The molecule has 1 fully saturated rings. The largest absolute Gasteiger partial charge is 0.481 e. The molecule has 3 aromatic rings. The van der Waals surface area contributed by atoms with E-state index in [4.69, 9.17) is 9.72 Å². The third kappa shape index (κ3) is 5.61. The number of piperidine rings is 1. The van der Waals surface area contributed by atoms with Gasteiger partial charge in [-0.15, -0.1) is 0 Å². The summed E-state index contributed by atoms with van der Waals surface area (Å²) >= 11 is 2.30. The van der Waals surface area contributed by atoms with Crippen LogP contribution < -0.4 is 10.1 Å². The van der Waals surface area contributed by atoms with Crippen LogP contribution in [0.4, 0.5) is 0 Å². The van der Waals surface area contributed by atoms with Crippen LogP contribution in [0.1, 0.15) is 41.4 Å². The van der Waals surface area contributed by atoms with E-state index in [2.05, 4.69) is 99.3 Å². The van der Waals surface area contributed by atoms with Crippen molar-refractivity contribution in [3.8, 4) is 5.88 Å². The monoisotopic (exact) mass is 528 g/mol. The summed E-state index contributed by atoms with van der Waals surface area (Å²) in [6.07, 6.45) is 4.14. The summed E-state index contributed by atoms with van der Waals surface area (Å²) in [5.74, 6) is 0.695. The lowest BCUT2D eigenvalue weighted by Crippen LogP contribution is -2.47. The van der Waals surface area contributed by atoms with Crippen molar-refractivity contribution in [2.45, 2.75) is 44.9 Å². The Hall–Kier alpha value is -2.03. The molecule has 0 spiro atoms. The third-order valence-electron chi connectivity index (χ3n) is 5.83. The molecule has 0 radical (unpaired) electrons.